The van der Waals surface area contributed by atoms with E-state index in [0.717, 1.165) is 0 Å². The first-order valence-corrected chi connectivity index (χ1v) is 11.5. The molecular formula is C28H23NO10. The Labute approximate surface area is 221 Å². The summed E-state index contributed by atoms with van der Waals surface area (Å²) in [7, 11) is 2.73. The van der Waals surface area contributed by atoms with Crippen LogP contribution in [-0.4, -0.2) is 31.1 Å². The average molecular weight is 533 g/mol. The van der Waals surface area contributed by atoms with Gasteiger partial charge in [0.2, 0.25) is 5.75 Å². The predicted octanol–water partition coefficient (Wildman–Crippen LogP) is 5.21. The fourth-order valence-corrected chi connectivity index (χ4v) is 4.23. The van der Waals surface area contributed by atoms with E-state index in [-0.39, 0.29) is 39.8 Å². The summed E-state index contributed by atoms with van der Waals surface area (Å²) in [4.78, 5) is 47.6. The molecule has 0 radical (unpaired) electrons. The Bertz CT molecular complexity index is 1660. The molecule has 0 atom stereocenters. The van der Waals surface area contributed by atoms with Crippen molar-refractivity contribution in [2.24, 2.45) is 0 Å². The van der Waals surface area contributed by atoms with Crippen LogP contribution in [0.5, 0.6) is 23.0 Å². The van der Waals surface area contributed by atoms with Crippen LogP contribution in [0, 0.1) is 17.0 Å². The van der Waals surface area contributed by atoms with Crippen molar-refractivity contribution in [1.82, 2.24) is 0 Å². The molecule has 1 aromatic heterocycles. The molecule has 0 unspecified atom stereocenters. The van der Waals surface area contributed by atoms with Crippen LogP contribution < -0.4 is 24.6 Å². The molecule has 0 aliphatic heterocycles. The quantitative estimate of drug-likeness (QED) is 0.102. The van der Waals surface area contributed by atoms with E-state index in [1.54, 1.807) is 19.1 Å². The number of carbonyl (C=O) groups excluding carboxylic acids is 2. The number of benzene rings is 3. The highest BCUT2D eigenvalue weighted by Crippen LogP contribution is 2.45. The fourth-order valence-electron chi connectivity index (χ4n) is 4.23. The standard InChI is InChI=1S/C28H23NO10/c1-14-21(37-15(2)30)11-10-20-24(17-6-8-19(9-7-17)29(33)34)25(28(32)39-26(14)20)18-12-22(35-4)27(38-16(3)31)23(13-18)36-5/h6-13H,1-5H3. The highest BCUT2D eigenvalue weighted by molar-refractivity contribution is 6.03. The molecule has 0 saturated carbocycles. The number of nitrogens with zero attached hydrogens (tertiary/aromatic N) is 1. The van der Waals surface area contributed by atoms with Gasteiger partial charge in [-0.1, -0.05) is 0 Å². The fraction of sp³-hybridized carbons (Fsp3) is 0.179. The van der Waals surface area contributed by atoms with Crippen LogP contribution in [0.4, 0.5) is 5.69 Å². The average Bonchev–Trinajstić information content (AvgIpc) is 2.89. The lowest BCUT2D eigenvalue weighted by atomic mass is 9.91. The molecule has 1 heterocycles. The number of nitro benzene ring substituents is 1. The van der Waals surface area contributed by atoms with E-state index in [2.05, 4.69) is 0 Å². The van der Waals surface area contributed by atoms with Crippen LogP contribution in [0.3, 0.4) is 0 Å². The molecule has 3 aromatic carbocycles. The third-order valence-corrected chi connectivity index (χ3v) is 5.89. The highest BCUT2D eigenvalue weighted by Gasteiger charge is 2.25. The monoisotopic (exact) mass is 533 g/mol. The number of hydrogen-bond acceptors (Lipinski definition) is 10. The molecular weight excluding hydrogens is 510 g/mol. The Balaban J connectivity index is 2.11. The zero-order valence-electron chi connectivity index (χ0n) is 21.6. The molecule has 0 saturated heterocycles. The number of hydrogen-bond donors (Lipinski definition) is 0. The Hall–Kier alpha value is -5.19. The molecule has 0 aliphatic rings. The lowest BCUT2D eigenvalue weighted by molar-refractivity contribution is -0.384. The summed E-state index contributed by atoms with van der Waals surface area (Å²) >= 11 is 0. The van der Waals surface area contributed by atoms with E-state index >= 15 is 0 Å². The zero-order chi connectivity index (χ0) is 28.4. The Morgan fingerprint density at radius 1 is 0.821 bits per heavy atom. The van der Waals surface area contributed by atoms with Gasteiger partial charge in [-0.2, -0.15) is 0 Å². The number of non-ortho nitro benzene ring substituents is 1. The number of ether oxygens (including phenoxy) is 4. The molecule has 0 amide bonds. The molecule has 39 heavy (non-hydrogen) atoms. The third kappa shape index (κ3) is 5.14. The van der Waals surface area contributed by atoms with Crippen molar-refractivity contribution in [3.05, 3.63) is 74.6 Å². The second kappa shape index (κ2) is 10.7. The molecule has 4 rings (SSSR count). The minimum absolute atomic E-state index is 0.0279. The number of rotatable bonds is 7. The maximum atomic E-state index is 13.6. The number of fused-ring (bicyclic) bond motifs is 1. The van der Waals surface area contributed by atoms with Crippen LogP contribution in [0.15, 0.2) is 57.7 Å². The second-order valence-corrected chi connectivity index (χ2v) is 8.41. The highest BCUT2D eigenvalue weighted by atomic mass is 16.6. The van der Waals surface area contributed by atoms with Crippen molar-refractivity contribution in [2.75, 3.05) is 14.2 Å². The van der Waals surface area contributed by atoms with E-state index in [9.17, 15) is 24.5 Å². The van der Waals surface area contributed by atoms with Gasteiger partial charge in [0.25, 0.3) is 5.69 Å². The zero-order valence-corrected chi connectivity index (χ0v) is 21.6. The first-order valence-electron chi connectivity index (χ1n) is 11.5. The van der Waals surface area contributed by atoms with E-state index in [0.29, 0.717) is 27.6 Å². The maximum Gasteiger partial charge on any atom is 0.344 e. The van der Waals surface area contributed by atoms with Gasteiger partial charge in [-0.3, -0.25) is 19.7 Å². The molecule has 0 aliphatic carbocycles. The molecule has 4 aromatic rings. The third-order valence-electron chi connectivity index (χ3n) is 5.89. The van der Waals surface area contributed by atoms with Gasteiger partial charge < -0.3 is 23.4 Å². The van der Waals surface area contributed by atoms with E-state index < -0.39 is 22.5 Å². The van der Waals surface area contributed by atoms with Crippen LogP contribution in [0.25, 0.3) is 33.2 Å². The lowest BCUT2D eigenvalue weighted by Crippen LogP contribution is -2.09. The van der Waals surface area contributed by atoms with Gasteiger partial charge in [0.05, 0.1) is 24.7 Å². The van der Waals surface area contributed by atoms with Crippen molar-refractivity contribution < 1.29 is 37.9 Å². The number of carbonyl (C=O) groups is 2. The second-order valence-electron chi connectivity index (χ2n) is 8.41. The smallest absolute Gasteiger partial charge is 0.344 e. The van der Waals surface area contributed by atoms with Crippen molar-refractivity contribution in [3.63, 3.8) is 0 Å². The molecule has 0 fully saturated rings. The largest absolute Gasteiger partial charge is 0.493 e. The number of esters is 2. The molecule has 0 N–H and O–H groups in total. The first kappa shape index (κ1) is 26.9. The van der Waals surface area contributed by atoms with E-state index in [4.69, 9.17) is 23.4 Å². The maximum absolute atomic E-state index is 13.6. The Kier molecular flexibility index (Phi) is 7.34. The molecule has 0 spiro atoms. The van der Waals surface area contributed by atoms with Gasteiger partial charge in [0.15, 0.2) is 11.5 Å². The Morgan fingerprint density at radius 3 is 1.92 bits per heavy atom. The minimum Gasteiger partial charge on any atom is -0.493 e. The number of nitro groups is 1. The van der Waals surface area contributed by atoms with Crippen molar-refractivity contribution >= 4 is 28.6 Å². The summed E-state index contributed by atoms with van der Waals surface area (Å²) < 4.78 is 27.1. The van der Waals surface area contributed by atoms with Crippen molar-refractivity contribution in [3.8, 4) is 45.3 Å². The number of methoxy groups -OCH3 is 2. The van der Waals surface area contributed by atoms with Gasteiger partial charge in [-0.05, 0) is 54.4 Å². The summed E-state index contributed by atoms with van der Waals surface area (Å²) in [5.74, 6) is -0.658. The van der Waals surface area contributed by atoms with Crippen molar-refractivity contribution in [2.45, 2.75) is 20.8 Å². The van der Waals surface area contributed by atoms with Gasteiger partial charge in [-0.25, -0.2) is 4.79 Å². The predicted molar refractivity (Wildman–Crippen MR) is 140 cm³/mol. The topological polar surface area (TPSA) is 144 Å². The number of aryl methyl sites for hydroxylation is 1. The summed E-state index contributed by atoms with van der Waals surface area (Å²) in [5.41, 5.74) is 1.000. The van der Waals surface area contributed by atoms with Crippen molar-refractivity contribution in [1.29, 1.82) is 0 Å². The molecule has 200 valence electrons. The van der Waals surface area contributed by atoms with Gasteiger partial charge in [-0.15, -0.1) is 0 Å². The van der Waals surface area contributed by atoms with Crippen LogP contribution in [0.1, 0.15) is 19.4 Å². The molecule has 0 bridgehead atoms. The summed E-state index contributed by atoms with van der Waals surface area (Å²) in [6.45, 7) is 4.12. The first-order chi connectivity index (χ1) is 18.5. The van der Waals surface area contributed by atoms with Crippen LogP contribution in [-0.2, 0) is 9.59 Å². The normalized spacial score (nSPS) is 10.7. The Morgan fingerprint density at radius 2 is 1.41 bits per heavy atom. The van der Waals surface area contributed by atoms with Gasteiger partial charge >= 0.3 is 17.6 Å². The van der Waals surface area contributed by atoms with E-state index in [1.165, 1.54) is 64.5 Å². The van der Waals surface area contributed by atoms with Crippen LogP contribution in [0.2, 0.25) is 0 Å². The SMILES string of the molecule is COc1cc(-c2c(-c3ccc([N+](=O)[O-])cc3)c3ccc(OC(C)=O)c(C)c3oc2=O)cc(OC)c1OC(C)=O. The summed E-state index contributed by atoms with van der Waals surface area (Å²) in [5, 5.41) is 11.7. The lowest BCUT2D eigenvalue weighted by Gasteiger charge is -2.17. The van der Waals surface area contributed by atoms with Crippen LogP contribution >= 0.6 is 0 Å². The minimum atomic E-state index is -0.747. The van der Waals surface area contributed by atoms with E-state index in [1.807, 2.05) is 0 Å². The van der Waals surface area contributed by atoms with Gasteiger partial charge in [0.1, 0.15) is 11.3 Å². The summed E-state index contributed by atoms with van der Waals surface area (Å²) in [6.07, 6.45) is 0. The molecule has 11 heteroatoms. The van der Waals surface area contributed by atoms with Gasteiger partial charge in [0, 0.05) is 42.5 Å². The summed E-state index contributed by atoms with van der Waals surface area (Å²) in [6, 6.07) is 11.9. The molecule has 11 nitrogen and oxygen atoms in total.